The maximum atomic E-state index is 13.8. The Morgan fingerprint density at radius 3 is 2.07 bits per heavy atom. The molecule has 0 fully saturated rings. The van der Waals surface area contributed by atoms with Gasteiger partial charge in [0.1, 0.15) is 5.75 Å². The van der Waals surface area contributed by atoms with Gasteiger partial charge in [-0.05, 0) is 31.2 Å². The summed E-state index contributed by atoms with van der Waals surface area (Å²) in [7, 11) is -4.04. The molecule has 0 bridgehead atoms. The first-order chi connectivity index (χ1) is 14.1. The lowest BCUT2D eigenvalue weighted by molar-refractivity contribution is 0.340. The van der Waals surface area contributed by atoms with Crippen LogP contribution in [0.3, 0.4) is 0 Å². The lowest BCUT2D eigenvalue weighted by atomic mass is 10.1. The Bertz CT molecular complexity index is 1150. The van der Waals surface area contributed by atoms with Gasteiger partial charge in [0.25, 0.3) is 10.0 Å². The van der Waals surface area contributed by atoms with E-state index in [1.165, 1.54) is 24.3 Å². The maximum Gasteiger partial charge on any atom is 0.263 e. The van der Waals surface area contributed by atoms with E-state index < -0.39 is 51.2 Å². The number of aromatic nitrogens is 2. The number of nitrogens with one attached hydrogen (secondary N) is 1. The van der Waals surface area contributed by atoms with Crippen molar-refractivity contribution in [2.45, 2.75) is 18.4 Å². The first-order valence-corrected chi connectivity index (χ1v) is 9.91. The lowest BCUT2D eigenvalue weighted by Crippen LogP contribution is -2.14. The predicted octanol–water partition coefficient (Wildman–Crippen LogP) is 3.83. The molecule has 1 N–H and O–H groups in total. The van der Waals surface area contributed by atoms with Gasteiger partial charge in [0.15, 0.2) is 29.1 Å². The number of rotatable bonds is 7. The molecule has 2 aromatic carbocycles. The Labute approximate surface area is 167 Å². The van der Waals surface area contributed by atoms with Crippen molar-refractivity contribution >= 4 is 15.8 Å². The molecule has 0 atom stereocenters. The molecule has 0 spiro atoms. The van der Waals surface area contributed by atoms with Gasteiger partial charge in [0.2, 0.25) is 5.82 Å². The van der Waals surface area contributed by atoms with Crippen molar-refractivity contribution in [3.63, 3.8) is 0 Å². The van der Waals surface area contributed by atoms with Gasteiger partial charge < -0.3 is 4.74 Å². The van der Waals surface area contributed by atoms with Gasteiger partial charge in [-0.2, -0.15) is 5.10 Å². The van der Waals surface area contributed by atoms with E-state index in [2.05, 4.69) is 9.82 Å². The van der Waals surface area contributed by atoms with Crippen LogP contribution in [0, 0.1) is 29.1 Å². The summed E-state index contributed by atoms with van der Waals surface area (Å²) in [5.74, 6) is -10.1. The molecule has 30 heavy (non-hydrogen) atoms. The minimum Gasteiger partial charge on any atom is -0.494 e. The topological polar surface area (TPSA) is 73.2 Å². The first kappa shape index (κ1) is 21.6. The molecular formula is C18H14F5N3O3S. The highest BCUT2D eigenvalue weighted by atomic mass is 32.2. The summed E-state index contributed by atoms with van der Waals surface area (Å²) in [6.07, 6.45) is 1.12. The highest BCUT2D eigenvalue weighted by molar-refractivity contribution is 7.92. The van der Waals surface area contributed by atoms with Crippen molar-refractivity contribution in [2.75, 3.05) is 11.3 Å². The second-order valence-corrected chi connectivity index (χ2v) is 7.64. The molecule has 0 saturated carbocycles. The average Bonchev–Trinajstić information content (AvgIpc) is 3.15. The van der Waals surface area contributed by atoms with Gasteiger partial charge in [-0.3, -0.25) is 9.40 Å². The summed E-state index contributed by atoms with van der Waals surface area (Å²) in [4.78, 5) is -0.0970. The number of benzene rings is 2. The summed E-state index contributed by atoms with van der Waals surface area (Å²) >= 11 is 0. The van der Waals surface area contributed by atoms with Gasteiger partial charge >= 0.3 is 0 Å². The fraction of sp³-hybridized carbons (Fsp3) is 0.167. The van der Waals surface area contributed by atoms with Crippen molar-refractivity contribution < 1.29 is 35.1 Å². The van der Waals surface area contributed by atoms with Crippen LogP contribution in [0.5, 0.6) is 5.75 Å². The number of nitrogens with zero attached hydrogens (tertiary/aromatic N) is 2. The molecule has 0 aliphatic rings. The fourth-order valence-corrected chi connectivity index (χ4v) is 3.53. The van der Waals surface area contributed by atoms with E-state index in [0.717, 1.165) is 16.9 Å². The molecule has 0 amide bonds. The van der Waals surface area contributed by atoms with Gasteiger partial charge in [0.05, 0.1) is 23.6 Å². The van der Waals surface area contributed by atoms with Crippen LogP contribution in [0.15, 0.2) is 41.4 Å². The fourth-order valence-electron chi connectivity index (χ4n) is 2.53. The molecule has 0 unspecified atom stereocenters. The normalized spacial score (nSPS) is 11.5. The van der Waals surface area contributed by atoms with Crippen molar-refractivity contribution in [3.8, 4) is 5.75 Å². The highest BCUT2D eigenvalue weighted by Crippen LogP contribution is 2.24. The van der Waals surface area contributed by atoms with E-state index in [1.54, 1.807) is 6.92 Å². The van der Waals surface area contributed by atoms with Gasteiger partial charge in [-0.1, -0.05) is 0 Å². The smallest absolute Gasteiger partial charge is 0.263 e. The Morgan fingerprint density at radius 2 is 1.50 bits per heavy atom. The zero-order valence-electron chi connectivity index (χ0n) is 15.3. The zero-order chi connectivity index (χ0) is 22.1. The third-order valence-electron chi connectivity index (χ3n) is 3.95. The minimum atomic E-state index is -4.04. The predicted molar refractivity (Wildman–Crippen MR) is 96.0 cm³/mol. The average molecular weight is 447 g/mol. The van der Waals surface area contributed by atoms with E-state index in [1.807, 2.05) is 0 Å². The molecule has 12 heteroatoms. The van der Waals surface area contributed by atoms with E-state index in [9.17, 15) is 30.4 Å². The van der Waals surface area contributed by atoms with Gasteiger partial charge in [-0.15, -0.1) is 0 Å². The molecule has 0 aliphatic carbocycles. The van der Waals surface area contributed by atoms with Crippen LogP contribution in [0.1, 0.15) is 12.5 Å². The van der Waals surface area contributed by atoms with Crippen molar-refractivity contribution in [1.29, 1.82) is 0 Å². The van der Waals surface area contributed by atoms with E-state index in [-0.39, 0.29) is 10.7 Å². The molecule has 0 radical (unpaired) electrons. The summed E-state index contributed by atoms with van der Waals surface area (Å²) in [5, 5.41) is 3.76. The maximum absolute atomic E-state index is 13.8. The standard InChI is InChI=1S/C18H14F5N3O3S/c1-2-29-10-3-5-11(6-4-10)30(27,28)25-13-7-8-26(24-13)9-12-14(19)16(21)18(23)17(22)15(12)20/h3-8H,2,9H2,1H3,(H,24,25). The van der Waals surface area contributed by atoms with Crippen molar-refractivity contribution in [2.24, 2.45) is 0 Å². The second-order valence-electron chi connectivity index (χ2n) is 5.96. The van der Waals surface area contributed by atoms with E-state index >= 15 is 0 Å². The van der Waals surface area contributed by atoms with Crippen LogP contribution < -0.4 is 9.46 Å². The third kappa shape index (κ3) is 4.22. The largest absolute Gasteiger partial charge is 0.494 e. The Balaban J connectivity index is 1.80. The number of ether oxygens (including phenoxy) is 1. The highest BCUT2D eigenvalue weighted by Gasteiger charge is 2.26. The second kappa shape index (κ2) is 8.30. The minimum absolute atomic E-state index is 0.0970. The summed E-state index contributed by atoms with van der Waals surface area (Å²) in [6, 6.07) is 6.69. The van der Waals surface area contributed by atoms with Gasteiger partial charge in [0, 0.05) is 12.3 Å². The molecule has 1 heterocycles. The van der Waals surface area contributed by atoms with Crippen molar-refractivity contribution in [3.05, 3.63) is 71.2 Å². The quantitative estimate of drug-likeness (QED) is 0.340. The number of anilines is 1. The summed E-state index contributed by atoms with van der Waals surface area (Å²) in [5.41, 5.74) is -1.10. The van der Waals surface area contributed by atoms with E-state index in [0.29, 0.717) is 12.4 Å². The molecule has 1 aromatic heterocycles. The van der Waals surface area contributed by atoms with Crippen LogP contribution >= 0.6 is 0 Å². The van der Waals surface area contributed by atoms with Crippen LogP contribution in [0.25, 0.3) is 0 Å². The molecular weight excluding hydrogens is 433 g/mol. The SMILES string of the molecule is CCOc1ccc(S(=O)(=O)Nc2ccn(Cc3c(F)c(F)c(F)c(F)c3F)n2)cc1. The molecule has 160 valence electrons. The number of sulfonamides is 1. The van der Waals surface area contributed by atoms with Crippen molar-refractivity contribution in [1.82, 2.24) is 9.78 Å². The van der Waals surface area contributed by atoms with E-state index in [4.69, 9.17) is 4.74 Å². The first-order valence-electron chi connectivity index (χ1n) is 8.43. The molecule has 0 aliphatic heterocycles. The Hall–Kier alpha value is -3.15. The lowest BCUT2D eigenvalue weighted by Gasteiger charge is -2.09. The van der Waals surface area contributed by atoms with Crippen LogP contribution in [-0.2, 0) is 16.6 Å². The Kier molecular flexibility index (Phi) is 5.97. The van der Waals surface area contributed by atoms with Crippen LogP contribution in [0.4, 0.5) is 27.8 Å². The number of hydrogen-bond donors (Lipinski definition) is 1. The molecule has 3 rings (SSSR count). The zero-order valence-corrected chi connectivity index (χ0v) is 16.1. The molecule has 6 nitrogen and oxygen atoms in total. The molecule has 3 aromatic rings. The summed E-state index contributed by atoms with van der Waals surface area (Å²) < 4.78 is 100. The van der Waals surface area contributed by atoms with Crippen LogP contribution in [-0.4, -0.2) is 24.8 Å². The number of halogens is 5. The van der Waals surface area contributed by atoms with Crippen LogP contribution in [0.2, 0.25) is 0 Å². The summed E-state index contributed by atoms with van der Waals surface area (Å²) in [6.45, 7) is 1.37. The molecule has 0 saturated heterocycles. The number of hydrogen-bond acceptors (Lipinski definition) is 4. The Morgan fingerprint density at radius 1 is 0.933 bits per heavy atom. The van der Waals surface area contributed by atoms with Gasteiger partial charge in [-0.25, -0.2) is 30.4 Å². The third-order valence-corrected chi connectivity index (χ3v) is 5.32. The monoisotopic (exact) mass is 447 g/mol.